The Hall–Kier alpha value is -3.15. The maximum atomic E-state index is 12.3. The number of hydrogen-bond donors (Lipinski definition) is 0. The zero-order chi connectivity index (χ0) is 18.4. The molecule has 0 bridgehead atoms. The van der Waals surface area contributed by atoms with Crippen LogP contribution in [0.3, 0.4) is 0 Å². The molecule has 6 heteroatoms. The predicted molar refractivity (Wildman–Crippen MR) is 92.9 cm³/mol. The molecule has 1 amide bonds. The van der Waals surface area contributed by atoms with E-state index >= 15 is 0 Å². The number of para-hydroxylation sites is 1. The van der Waals surface area contributed by atoms with Crippen molar-refractivity contribution in [1.82, 2.24) is 0 Å². The third-order valence-corrected chi connectivity index (χ3v) is 3.42. The van der Waals surface area contributed by atoms with Gasteiger partial charge in [0.1, 0.15) is 17.1 Å². The average molecular weight is 341 g/mol. The Labute approximate surface area is 146 Å². The van der Waals surface area contributed by atoms with Gasteiger partial charge in [0.2, 0.25) is 5.91 Å². The van der Waals surface area contributed by atoms with E-state index in [1.165, 1.54) is 26.0 Å². The fraction of sp³-hybridized carbons (Fsp3) is 0.211. The van der Waals surface area contributed by atoms with E-state index in [0.29, 0.717) is 12.3 Å². The first-order valence-electron chi connectivity index (χ1n) is 7.80. The van der Waals surface area contributed by atoms with E-state index in [9.17, 15) is 14.4 Å². The number of carbonyl (C=O) groups is 3. The van der Waals surface area contributed by atoms with E-state index < -0.39 is 11.9 Å². The fourth-order valence-electron chi connectivity index (χ4n) is 2.32. The van der Waals surface area contributed by atoms with Gasteiger partial charge in [0.15, 0.2) is 0 Å². The summed E-state index contributed by atoms with van der Waals surface area (Å²) in [6, 6.07) is 13.0. The summed E-state index contributed by atoms with van der Waals surface area (Å²) in [5, 5.41) is 0. The van der Waals surface area contributed by atoms with Crippen LogP contribution in [0.25, 0.3) is 0 Å². The number of ether oxygens (including phenoxy) is 2. The zero-order valence-electron chi connectivity index (χ0n) is 14.3. The largest absolute Gasteiger partial charge is 0.426 e. The zero-order valence-corrected chi connectivity index (χ0v) is 14.3. The molecule has 2 aromatic rings. The molecule has 0 heterocycles. The second-order valence-corrected chi connectivity index (χ2v) is 5.24. The van der Waals surface area contributed by atoms with Gasteiger partial charge < -0.3 is 14.4 Å². The van der Waals surface area contributed by atoms with Gasteiger partial charge in [0, 0.05) is 26.1 Å². The molecule has 0 fully saturated rings. The molecule has 0 aromatic heterocycles. The molecule has 0 radical (unpaired) electrons. The van der Waals surface area contributed by atoms with Crippen molar-refractivity contribution in [3.05, 3.63) is 54.1 Å². The highest BCUT2D eigenvalue weighted by molar-refractivity contribution is 5.95. The molecule has 130 valence electrons. The summed E-state index contributed by atoms with van der Waals surface area (Å²) in [4.78, 5) is 36.6. The third-order valence-electron chi connectivity index (χ3n) is 3.42. The van der Waals surface area contributed by atoms with Crippen LogP contribution in [0.1, 0.15) is 31.1 Å². The SMILES string of the molecule is CCN(C(C)=O)c1ccc(OC(=O)c2ccccc2OC(C)=O)cc1. The Bertz CT molecular complexity index is 783. The number of carbonyl (C=O) groups excluding carboxylic acids is 3. The summed E-state index contributed by atoms with van der Waals surface area (Å²) in [6.07, 6.45) is 0. The third kappa shape index (κ3) is 4.67. The Morgan fingerprint density at radius 3 is 2.12 bits per heavy atom. The highest BCUT2D eigenvalue weighted by atomic mass is 16.5. The van der Waals surface area contributed by atoms with Crippen molar-refractivity contribution in [3.63, 3.8) is 0 Å². The van der Waals surface area contributed by atoms with Gasteiger partial charge in [-0.3, -0.25) is 9.59 Å². The number of hydrogen-bond acceptors (Lipinski definition) is 5. The van der Waals surface area contributed by atoms with Gasteiger partial charge >= 0.3 is 11.9 Å². The smallest absolute Gasteiger partial charge is 0.347 e. The number of rotatable bonds is 5. The topological polar surface area (TPSA) is 72.9 Å². The van der Waals surface area contributed by atoms with Crippen LogP contribution >= 0.6 is 0 Å². The highest BCUT2D eigenvalue weighted by Crippen LogP contribution is 2.23. The van der Waals surface area contributed by atoms with Crippen LogP contribution in [0, 0.1) is 0 Å². The Balaban J connectivity index is 2.16. The summed E-state index contributed by atoms with van der Waals surface area (Å²) in [7, 11) is 0. The molecule has 2 aromatic carbocycles. The Kier molecular flexibility index (Phi) is 5.89. The van der Waals surface area contributed by atoms with Crippen LogP contribution in [0.15, 0.2) is 48.5 Å². The van der Waals surface area contributed by atoms with Crippen LogP contribution in [-0.2, 0) is 9.59 Å². The molecule has 0 spiro atoms. The lowest BCUT2D eigenvalue weighted by Gasteiger charge is -2.19. The molecule has 6 nitrogen and oxygen atoms in total. The average Bonchev–Trinajstić information content (AvgIpc) is 2.56. The van der Waals surface area contributed by atoms with Crippen molar-refractivity contribution in [3.8, 4) is 11.5 Å². The molecule has 0 aliphatic carbocycles. The highest BCUT2D eigenvalue weighted by Gasteiger charge is 2.16. The minimum Gasteiger partial charge on any atom is -0.426 e. The molecular formula is C19H19NO5. The van der Waals surface area contributed by atoms with E-state index in [4.69, 9.17) is 9.47 Å². The molecule has 0 unspecified atom stereocenters. The number of benzene rings is 2. The molecule has 0 N–H and O–H groups in total. The molecule has 0 aliphatic heterocycles. The van der Waals surface area contributed by atoms with Crippen LogP contribution < -0.4 is 14.4 Å². The van der Waals surface area contributed by atoms with Crippen molar-refractivity contribution in [1.29, 1.82) is 0 Å². The van der Waals surface area contributed by atoms with Gasteiger partial charge in [-0.15, -0.1) is 0 Å². The van der Waals surface area contributed by atoms with E-state index in [0.717, 1.165) is 5.69 Å². The molecule has 2 rings (SSSR count). The van der Waals surface area contributed by atoms with Gasteiger partial charge in [-0.05, 0) is 43.3 Å². The quantitative estimate of drug-likeness (QED) is 0.617. The van der Waals surface area contributed by atoms with Crippen molar-refractivity contribution >= 4 is 23.5 Å². The number of nitrogens with zero attached hydrogens (tertiary/aromatic N) is 1. The second-order valence-electron chi connectivity index (χ2n) is 5.24. The van der Waals surface area contributed by atoms with Crippen LogP contribution in [0.2, 0.25) is 0 Å². The van der Waals surface area contributed by atoms with Gasteiger partial charge in [-0.1, -0.05) is 12.1 Å². The van der Waals surface area contributed by atoms with Crippen molar-refractivity contribution in [2.24, 2.45) is 0 Å². The molecule has 0 saturated carbocycles. The van der Waals surface area contributed by atoms with Gasteiger partial charge in [0.25, 0.3) is 0 Å². The van der Waals surface area contributed by atoms with Crippen molar-refractivity contribution < 1.29 is 23.9 Å². The van der Waals surface area contributed by atoms with Gasteiger partial charge in [-0.2, -0.15) is 0 Å². The molecule has 0 saturated heterocycles. The Morgan fingerprint density at radius 1 is 0.920 bits per heavy atom. The summed E-state index contributed by atoms with van der Waals surface area (Å²) in [6.45, 7) is 5.17. The summed E-state index contributed by atoms with van der Waals surface area (Å²) >= 11 is 0. The molecular weight excluding hydrogens is 322 g/mol. The monoisotopic (exact) mass is 341 g/mol. The summed E-state index contributed by atoms with van der Waals surface area (Å²) in [5.74, 6) is -0.754. The minimum absolute atomic E-state index is 0.0671. The van der Waals surface area contributed by atoms with Crippen molar-refractivity contribution in [2.45, 2.75) is 20.8 Å². The molecule has 0 aliphatic rings. The number of esters is 2. The van der Waals surface area contributed by atoms with Gasteiger partial charge in [0.05, 0.1) is 0 Å². The fourth-order valence-corrected chi connectivity index (χ4v) is 2.32. The Morgan fingerprint density at radius 2 is 1.56 bits per heavy atom. The maximum absolute atomic E-state index is 12.3. The predicted octanol–water partition coefficient (Wildman–Crippen LogP) is 3.20. The summed E-state index contributed by atoms with van der Waals surface area (Å²) in [5.41, 5.74) is 0.871. The van der Waals surface area contributed by atoms with E-state index in [1.54, 1.807) is 41.3 Å². The second kappa shape index (κ2) is 8.10. The van der Waals surface area contributed by atoms with E-state index in [1.807, 2.05) is 6.92 Å². The normalized spacial score (nSPS) is 10.0. The van der Waals surface area contributed by atoms with Crippen molar-refractivity contribution in [2.75, 3.05) is 11.4 Å². The summed E-state index contributed by atoms with van der Waals surface area (Å²) < 4.78 is 10.3. The maximum Gasteiger partial charge on any atom is 0.347 e. The number of amides is 1. The minimum atomic E-state index is -0.636. The van der Waals surface area contributed by atoms with Crippen LogP contribution in [0.5, 0.6) is 11.5 Å². The molecule has 25 heavy (non-hydrogen) atoms. The first kappa shape index (κ1) is 18.2. The van der Waals surface area contributed by atoms with E-state index in [2.05, 4.69) is 0 Å². The lowest BCUT2D eigenvalue weighted by molar-refractivity contribution is -0.131. The standard InChI is InChI=1S/C19H19NO5/c1-4-20(13(2)21)15-9-11-16(12-10-15)25-19(23)17-7-5-6-8-18(17)24-14(3)22/h5-12H,4H2,1-3H3. The lowest BCUT2D eigenvalue weighted by atomic mass is 10.2. The van der Waals surface area contributed by atoms with Gasteiger partial charge in [-0.25, -0.2) is 4.79 Å². The first-order chi connectivity index (χ1) is 11.9. The first-order valence-corrected chi connectivity index (χ1v) is 7.80. The van der Waals surface area contributed by atoms with E-state index in [-0.39, 0.29) is 17.2 Å². The number of anilines is 1. The molecule has 0 atom stereocenters. The van der Waals surface area contributed by atoms with Crippen LogP contribution in [-0.4, -0.2) is 24.4 Å². The lowest BCUT2D eigenvalue weighted by Crippen LogP contribution is -2.27. The van der Waals surface area contributed by atoms with Crippen LogP contribution in [0.4, 0.5) is 5.69 Å².